The Morgan fingerprint density at radius 3 is 2.52 bits per heavy atom. The van der Waals surface area contributed by atoms with Gasteiger partial charge in [-0.15, -0.1) is 0 Å². The number of anilines is 1. The van der Waals surface area contributed by atoms with Crippen LogP contribution in [-0.4, -0.2) is 56.9 Å². The molecule has 0 unspecified atom stereocenters. The summed E-state index contributed by atoms with van der Waals surface area (Å²) in [6.45, 7) is 5.62. The van der Waals surface area contributed by atoms with E-state index in [0.717, 1.165) is 5.69 Å². The second-order valence-electron chi connectivity index (χ2n) is 6.39. The maximum absolute atomic E-state index is 12.6. The van der Waals surface area contributed by atoms with Crippen molar-refractivity contribution in [1.29, 1.82) is 0 Å². The predicted octanol–water partition coefficient (Wildman–Crippen LogP) is 0.581. The van der Waals surface area contributed by atoms with Crippen LogP contribution in [0.4, 0.5) is 11.5 Å². The molecule has 1 N–H and O–H groups in total. The number of carbonyl (C=O) groups excluding carboxylic acids is 1. The van der Waals surface area contributed by atoms with Crippen LogP contribution in [0.5, 0.6) is 0 Å². The van der Waals surface area contributed by atoms with E-state index >= 15 is 0 Å². The van der Waals surface area contributed by atoms with Crippen LogP contribution in [0.3, 0.4) is 0 Å². The standard InChI is InChI=1S/C17H20N6O4/c1-11-14(17(25)20-12(2)19-11)9-16(24)22-7-5-21(6-8-22)13-3-4-15(18-10-13)23(26)27/h3-4,10H,5-9H2,1-2H3,(H,19,20,25). The fourth-order valence-corrected chi connectivity index (χ4v) is 3.11. The SMILES string of the molecule is Cc1nc(C)c(CC(=O)N2CCN(c3ccc([N+](=O)[O-])nc3)CC2)c(=O)[nH]1. The summed E-state index contributed by atoms with van der Waals surface area (Å²) in [5.41, 5.74) is 1.47. The highest BCUT2D eigenvalue weighted by atomic mass is 16.6. The topological polar surface area (TPSA) is 125 Å². The molecule has 0 atom stereocenters. The van der Waals surface area contributed by atoms with Gasteiger partial charge in [0.2, 0.25) is 5.91 Å². The van der Waals surface area contributed by atoms with Crippen molar-refractivity contribution in [3.8, 4) is 0 Å². The van der Waals surface area contributed by atoms with Crippen LogP contribution < -0.4 is 10.5 Å². The van der Waals surface area contributed by atoms with E-state index in [0.29, 0.717) is 43.3 Å². The molecule has 27 heavy (non-hydrogen) atoms. The quantitative estimate of drug-likeness (QED) is 0.614. The fraction of sp³-hybridized carbons (Fsp3) is 0.412. The average molecular weight is 372 g/mol. The molecule has 3 heterocycles. The molecule has 142 valence electrons. The minimum absolute atomic E-state index is 0.0214. The van der Waals surface area contributed by atoms with Gasteiger partial charge in [-0.25, -0.2) is 4.98 Å². The number of aromatic nitrogens is 3. The number of aryl methyl sites for hydroxylation is 2. The highest BCUT2D eigenvalue weighted by Gasteiger charge is 2.24. The summed E-state index contributed by atoms with van der Waals surface area (Å²) >= 11 is 0. The Kier molecular flexibility index (Phi) is 5.15. The third-order valence-corrected chi connectivity index (χ3v) is 4.59. The lowest BCUT2D eigenvalue weighted by molar-refractivity contribution is -0.389. The number of carbonyl (C=O) groups is 1. The molecular formula is C17H20N6O4. The number of amides is 1. The van der Waals surface area contributed by atoms with Gasteiger partial charge in [-0.05, 0) is 29.8 Å². The molecule has 10 nitrogen and oxygen atoms in total. The monoisotopic (exact) mass is 372 g/mol. The van der Waals surface area contributed by atoms with Crippen LogP contribution in [0.15, 0.2) is 23.1 Å². The number of aromatic amines is 1. The lowest BCUT2D eigenvalue weighted by Gasteiger charge is -2.35. The number of rotatable bonds is 4. The number of pyridine rings is 1. The summed E-state index contributed by atoms with van der Waals surface area (Å²) in [5.74, 6) is 0.217. The van der Waals surface area contributed by atoms with E-state index in [1.807, 2.05) is 4.90 Å². The van der Waals surface area contributed by atoms with Gasteiger partial charge in [-0.1, -0.05) is 0 Å². The lowest BCUT2D eigenvalue weighted by Crippen LogP contribution is -2.49. The van der Waals surface area contributed by atoms with Gasteiger partial charge in [0, 0.05) is 43.5 Å². The summed E-state index contributed by atoms with van der Waals surface area (Å²) < 4.78 is 0. The van der Waals surface area contributed by atoms with Crippen LogP contribution in [0.2, 0.25) is 0 Å². The molecule has 3 rings (SSSR count). The van der Waals surface area contributed by atoms with Crippen LogP contribution in [0, 0.1) is 24.0 Å². The average Bonchev–Trinajstić information content (AvgIpc) is 2.64. The smallest absolute Gasteiger partial charge is 0.363 e. The van der Waals surface area contributed by atoms with E-state index in [9.17, 15) is 19.7 Å². The number of nitro groups is 1. The molecule has 10 heteroatoms. The molecule has 1 saturated heterocycles. The van der Waals surface area contributed by atoms with Crippen molar-refractivity contribution in [3.63, 3.8) is 0 Å². The minimum atomic E-state index is -0.538. The molecule has 1 aliphatic rings. The Hall–Kier alpha value is -3.30. The van der Waals surface area contributed by atoms with Crippen molar-refractivity contribution in [2.24, 2.45) is 0 Å². The number of piperazine rings is 1. The van der Waals surface area contributed by atoms with Gasteiger partial charge in [-0.3, -0.25) is 9.59 Å². The third kappa shape index (κ3) is 4.10. The molecule has 1 aliphatic heterocycles. The zero-order valence-corrected chi connectivity index (χ0v) is 15.1. The summed E-state index contributed by atoms with van der Waals surface area (Å²) in [6, 6.07) is 3.02. The van der Waals surface area contributed by atoms with Gasteiger partial charge in [-0.2, -0.15) is 0 Å². The summed E-state index contributed by atoms with van der Waals surface area (Å²) in [6.07, 6.45) is 1.49. The maximum Gasteiger partial charge on any atom is 0.363 e. The van der Waals surface area contributed by atoms with Gasteiger partial charge in [0.05, 0.1) is 12.1 Å². The number of H-pyrrole nitrogens is 1. The normalized spacial score (nSPS) is 14.3. The zero-order chi connectivity index (χ0) is 19.6. The number of nitrogens with one attached hydrogen (secondary N) is 1. The van der Waals surface area contributed by atoms with Gasteiger partial charge in [0.15, 0.2) is 6.20 Å². The first kappa shape index (κ1) is 18.5. The first-order valence-electron chi connectivity index (χ1n) is 8.54. The summed E-state index contributed by atoms with van der Waals surface area (Å²) in [7, 11) is 0. The molecule has 0 radical (unpaired) electrons. The molecule has 1 fully saturated rings. The van der Waals surface area contributed by atoms with Gasteiger partial charge >= 0.3 is 5.82 Å². The molecule has 2 aromatic rings. The molecule has 0 aliphatic carbocycles. The van der Waals surface area contributed by atoms with E-state index in [2.05, 4.69) is 15.0 Å². The van der Waals surface area contributed by atoms with Crippen molar-refractivity contribution in [2.75, 3.05) is 31.1 Å². The Balaban J connectivity index is 1.61. The Morgan fingerprint density at radius 2 is 1.96 bits per heavy atom. The largest absolute Gasteiger partial charge is 0.365 e. The first-order valence-corrected chi connectivity index (χ1v) is 8.54. The van der Waals surface area contributed by atoms with Gasteiger partial charge in [0.1, 0.15) is 5.82 Å². The Bertz CT molecular complexity index is 916. The lowest BCUT2D eigenvalue weighted by atomic mass is 10.1. The van der Waals surface area contributed by atoms with Crippen LogP contribution in [0.25, 0.3) is 0 Å². The van der Waals surface area contributed by atoms with Crippen LogP contribution in [0.1, 0.15) is 17.1 Å². The summed E-state index contributed by atoms with van der Waals surface area (Å²) in [5, 5.41) is 10.7. The first-order chi connectivity index (χ1) is 12.8. The number of hydrogen-bond acceptors (Lipinski definition) is 7. The van der Waals surface area contributed by atoms with Crippen molar-refractivity contribution in [1.82, 2.24) is 19.9 Å². The van der Waals surface area contributed by atoms with Crippen LogP contribution in [-0.2, 0) is 11.2 Å². The van der Waals surface area contributed by atoms with E-state index in [1.165, 1.54) is 12.3 Å². The molecule has 0 saturated carbocycles. The predicted molar refractivity (Wildman–Crippen MR) is 97.7 cm³/mol. The number of hydrogen-bond donors (Lipinski definition) is 1. The Morgan fingerprint density at radius 1 is 1.26 bits per heavy atom. The van der Waals surface area contributed by atoms with Gasteiger partial charge in [0.25, 0.3) is 5.56 Å². The minimum Gasteiger partial charge on any atom is -0.365 e. The molecule has 0 spiro atoms. The van der Waals surface area contributed by atoms with Crippen LogP contribution >= 0.6 is 0 Å². The highest BCUT2D eigenvalue weighted by molar-refractivity contribution is 5.79. The molecule has 1 amide bonds. The van der Waals surface area contributed by atoms with E-state index in [4.69, 9.17) is 0 Å². The Labute approximate surface area is 155 Å². The summed E-state index contributed by atoms with van der Waals surface area (Å²) in [4.78, 5) is 49.2. The van der Waals surface area contributed by atoms with Crippen molar-refractivity contribution in [2.45, 2.75) is 20.3 Å². The molecule has 0 aromatic carbocycles. The molecular weight excluding hydrogens is 352 g/mol. The van der Waals surface area contributed by atoms with Gasteiger partial charge < -0.3 is 24.9 Å². The van der Waals surface area contributed by atoms with Crippen molar-refractivity contribution >= 4 is 17.4 Å². The van der Waals surface area contributed by atoms with E-state index < -0.39 is 4.92 Å². The fourth-order valence-electron chi connectivity index (χ4n) is 3.11. The van der Waals surface area contributed by atoms with Crippen molar-refractivity contribution < 1.29 is 9.72 Å². The second kappa shape index (κ2) is 7.52. The number of nitrogens with zero attached hydrogens (tertiary/aromatic N) is 5. The maximum atomic E-state index is 12.6. The third-order valence-electron chi connectivity index (χ3n) is 4.59. The molecule has 2 aromatic heterocycles. The molecule has 0 bridgehead atoms. The van der Waals surface area contributed by atoms with E-state index in [-0.39, 0.29) is 23.7 Å². The highest BCUT2D eigenvalue weighted by Crippen LogP contribution is 2.18. The second-order valence-corrected chi connectivity index (χ2v) is 6.39. The zero-order valence-electron chi connectivity index (χ0n) is 15.1. The van der Waals surface area contributed by atoms with Crippen molar-refractivity contribution in [3.05, 3.63) is 55.9 Å². The van der Waals surface area contributed by atoms with E-state index in [1.54, 1.807) is 24.8 Å².